The van der Waals surface area contributed by atoms with E-state index in [1.165, 1.54) is 12.1 Å². The van der Waals surface area contributed by atoms with Crippen LogP contribution in [0, 0.1) is 11.6 Å². The van der Waals surface area contributed by atoms with Crippen LogP contribution in [0.4, 0.5) is 8.78 Å². The summed E-state index contributed by atoms with van der Waals surface area (Å²) in [5, 5.41) is 1.34. The number of benzene rings is 2. The molecule has 0 heterocycles. The Morgan fingerprint density at radius 2 is 1.52 bits per heavy atom. The van der Waals surface area contributed by atoms with Crippen LogP contribution in [0.25, 0.3) is 0 Å². The maximum Gasteiger partial charge on any atom is 0.129 e. The minimum atomic E-state index is -0.553. The summed E-state index contributed by atoms with van der Waals surface area (Å²) in [7, 11) is 0. The zero-order valence-electron chi connectivity index (χ0n) is 11.1. The van der Waals surface area contributed by atoms with E-state index in [0.29, 0.717) is 22.6 Å². The summed E-state index contributed by atoms with van der Waals surface area (Å²) in [5.74, 6) is -1.05. The fourth-order valence-corrected chi connectivity index (χ4v) is 4.46. The first-order valence-corrected chi connectivity index (χ1v) is 9.36. The van der Waals surface area contributed by atoms with Crippen LogP contribution in [0.2, 0.25) is 0 Å². The predicted molar refractivity (Wildman–Crippen MR) is 93.5 cm³/mol. The lowest BCUT2D eigenvalue weighted by molar-refractivity contribution is 0.515. The van der Waals surface area contributed by atoms with Crippen LogP contribution >= 0.6 is 47.8 Å². The fourth-order valence-electron chi connectivity index (χ4n) is 2.22. The molecule has 0 aromatic heterocycles. The first-order valence-electron chi connectivity index (χ1n) is 6.33. The van der Waals surface area contributed by atoms with Crippen LogP contribution in [-0.4, -0.2) is 10.7 Å². The molecule has 0 aliphatic rings. The number of hydrogen-bond acceptors (Lipinski definition) is 0. The highest BCUT2D eigenvalue weighted by Gasteiger charge is 2.31. The second-order valence-corrected chi connectivity index (χ2v) is 7.00. The molecule has 0 aliphatic carbocycles. The molecule has 21 heavy (non-hydrogen) atoms. The second kappa shape index (κ2) is 7.34. The van der Waals surface area contributed by atoms with E-state index >= 15 is 0 Å². The Hall–Kier alpha value is -0.260. The van der Waals surface area contributed by atoms with E-state index in [4.69, 9.17) is 0 Å². The zero-order chi connectivity index (χ0) is 15.5. The lowest BCUT2D eigenvalue weighted by atomic mass is 9.79. The Morgan fingerprint density at radius 3 is 2.05 bits per heavy atom. The molecule has 0 N–H and O–H groups in total. The standard InChI is InChI=1S/C16H13Br3F2/c17-9-16(10-18,12-2-4-13(19)5-3-12)8-11-1-6-14(20)7-15(11)21/h1-7H,8-10H2. The molecule has 5 heteroatoms. The van der Waals surface area contributed by atoms with Gasteiger partial charge in [-0.3, -0.25) is 0 Å². The molecule has 0 amide bonds. The van der Waals surface area contributed by atoms with Crippen molar-refractivity contribution in [2.45, 2.75) is 11.8 Å². The van der Waals surface area contributed by atoms with Crippen LogP contribution < -0.4 is 0 Å². The van der Waals surface area contributed by atoms with Crippen LogP contribution in [0.15, 0.2) is 46.9 Å². The number of hydrogen-bond donors (Lipinski definition) is 0. The van der Waals surface area contributed by atoms with Gasteiger partial charge in [0, 0.05) is 26.6 Å². The molecular weight excluding hydrogens is 470 g/mol. The highest BCUT2D eigenvalue weighted by Crippen LogP contribution is 2.34. The van der Waals surface area contributed by atoms with Gasteiger partial charge in [0.15, 0.2) is 0 Å². The molecule has 0 spiro atoms. The van der Waals surface area contributed by atoms with Crippen molar-refractivity contribution in [1.29, 1.82) is 0 Å². The lowest BCUT2D eigenvalue weighted by Gasteiger charge is -2.31. The molecule has 0 unspecified atom stereocenters. The van der Waals surface area contributed by atoms with Gasteiger partial charge < -0.3 is 0 Å². The van der Waals surface area contributed by atoms with E-state index in [9.17, 15) is 8.78 Å². The van der Waals surface area contributed by atoms with Gasteiger partial charge in [0.05, 0.1) is 0 Å². The third-order valence-electron chi connectivity index (χ3n) is 3.51. The maximum absolute atomic E-state index is 14.0. The van der Waals surface area contributed by atoms with Gasteiger partial charge in [0.1, 0.15) is 11.6 Å². The molecule has 112 valence electrons. The summed E-state index contributed by atoms with van der Waals surface area (Å²) in [4.78, 5) is 0. The number of rotatable bonds is 5. The highest BCUT2D eigenvalue weighted by molar-refractivity contribution is 9.10. The van der Waals surface area contributed by atoms with Crippen molar-refractivity contribution in [2.75, 3.05) is 10.7 Å². The van der Waals surface area contributed by atoms with Crippen LogP contribution in [0.5, 0.6) is 0 Å². The normalized spacial score (nSPS) is 11.7. The summed E-state index contributed by atoms with van der Waals surface area (Å²) in [5.41, 5.74) is 1.32. The minimum Gasteiger partial charge on any atom is -0.207 e. The summed E-state index contributed by atoms with van der Waals surface area (Å²) >= 11 is 10.5. The van der Waals surface area contributed by atoms with Gasteiger partial charge in [-0.2, -0.15) is 0 Å². The van der Waals surface area contributed by atoms with Gasteiger partial charge >= 0.3 is 0 Å². The largest absolute Gasteiger partial charge is 0.207 e. The summed E-state index contributed by atoms with van der Waals surface area (Å²) in [6.45, 7) is 0. The van der Waals surface area contributed by atoms with Crippen molar-refractivity contribution in [3.63, 3.8) is 0 Å². The topological polar surface area (TPSA) is 0 Å². The van der Waals surface area contributed by atoms with Gasteiger partial charge in [-0.1, -0.05) is 66.0 Å². The Balaban J connectivity index is 2.40. The quantitative estimate of drug-likeness (QED) is 0.459. The predicted octanol–water partition coefficient (Wildman–Crippen LogP) is 6.00. The SMILES string of the molecule is Fc1ccc(CC(CBr)(CBr)c2ccc(Br)cc2)c(F)c1. The molecule has 0 bridgehead atoms. The first kappa shape index (κ1) is 17.1. The van der Waals surface area contributed by atoms with Crippen molar-refractivity contribution < 1.29 is 8.78 Å². The Bertz CT molecular complexity index is 607. The summed E-state index contributed by atoms with van der Waals surface area (Å²) < 4.78 is 28.0. The minimum absolute atomic E-state index is 0.292. The van der Waals surface area contributed by atoms with Crippen LogP contribution in [-0.2, 0) is 11.8 Å². The molecule has 0 saturated heterocycles. The highest BCUT2D eigenvalue weighted by atomic mass is 79.9. The van der Waals surface area contributed by atoms with E-state index in [1.54, 1.807) is 0 Å². The van der Waals surface area contributed by atoms with E-state index < -0.39 is 11.6 Å². The van der Waals surface area contributed by atoms with Crippen molar-refractivity contribution in [3.8, 4) is 0 Å². The molecule has 2 aromatic rings. The van der Waals surface area contributed by atoms with E-state index in [-0.39, 0.29) is 5.41 Å². The van der Waals surface area contributed by atoms with Crippen molar-refractivity contribution in [2.24, 2.45) is 0 Å². The molecule has 0 radical (unpaired) electrons. The molecular formula is C16H13Br3F2. The fraction of sp³-hybridized carbons (Fsp3) is 0.250. The Kier molecular flexibility index (Phi) is 5.97. The first-order chi connectivity index (χ1) is 10.0. The monoisotopic (exact) mass is 480 g/mol. The molecule has 0 aliphatic heterocycles. The molecule has 2 aromatic carbocycles. The zero-order valence-corrected chi connectivity index (χ0v) is 15.8. The van der Waals surface area contributed by atoms with Crippen LogP contribution in [0.3, 0.4) is 0 Å². The average molecular weight is 483 g/mol. The third-order valence-corrected chi connectivity index (χ3v) is 6.19. The molecule has 0 atom stereocenters. The molecule has 0 saturated carbocycles. The summed E-state index contributed by atoms with van der Waals surface area (Å²) in [6, 6.07) is 11.7. The van der Waals surface area contributed by atoms with Gasteiger partial charge in [0.25, 0.3) is 0 Å². The lowest BCUT2D eigenvalue weighted by Crippen LogP contribution is -2.33. The van der Waals surface area contributed by atoms with Crippen molar-refractivity contribution in [3.05, 3.63) is 69.7 Å². The van der Waals surface area contributed by atoms with Crippen molar-refractivity contribution >= 4 is 47.8 Å². The Labute approximate surface area is 148 Å². The van der Waals surface area contributed by atoms with E-state index in [1.807, 2.05) is 24.3 Å². The summed E-state index contributed by atoms with van der Waals surface area (Å²) in [6.07, 6.45) is 0.483. The molecule has 0 nitrogen and oxygen atoms in total. The van der Waals surface area contributed by atoms with E-state index in [2.05, 4.69) is 47.8 Å². The van der Waals surface area contributed by atoms with Gasteiger partial charge in [-0.25, -0.2) is 8.78 Å². The number of halogens is 5. The average Bonchev–Trinajstić information content (AvgIpc) is 2.48. The second-order valence-electron chi connectivity index (χ2n) is 4.97. The molecule has 2 rings (SSSR count). The Morgan fingerprint density at radius 1 is 0.905 bits per heavy atom. The molecule has 0 fully saturated rings. The smallest absolute Gasteiger partial charge is 0.129 e. The number of alkyl halides is 2. The van der Waals surface area contributed by atoms with Crippen molar-refractivity contribution in [1.82, 2.24) is 0 Å². The van der Waals surface area contributed by atoms with Gasteiger partial charge in [-0.15, -0.1) is 0 Å². The maximum atomic E-state index is 14.0. The van der Waals surface area contributed by atoms with Gasteiger partial charge in [-0.05, 0) is 35.7 Å². The van der Waals surface area contributed by atoms with Crippen LogP contribution in [0.1, 0.15) is 11.1 Å². The third kappa shape index (κ3) is 3.93. The van der Waals surface area contributed by atoms with Gasteiger partial charge in [0.2, 0.25) is 0 Å². The van der Waals surface area contributed by atoms with E-state index in [0.717, 1.165) is 16.1 Å².